The second-order valence-corrected chi connectivity index (χ2v) is 4.57. The van der Waals surface area contributed by atoms with Crippen LogP contribution < -0.4 is 10.9 Å². The molecule has 0 spiro atoms. The van der Waals surface area contributed by atoms with E-state index in [1.54, 1.807) is 6.92 Å². The third kappa shape index (κ3) is 3.31. The average molecular weight is 247 g/mol. The zero-order valence-corrected chi connectivity index (χ0v) is 10.4. The number of aromatic nitrogens is 2. The van der Waals surface area contributed by atoms with Gasteiger partial charge < -0.3 is 10.3 Å². The summed E-state index contributed by atoms with van der Waals surface area (Å²) in [7, 11) is 0. The number of piperidine rings is 1. The van der Waals surface area contributed by atoms with Gasteiger partial charge >= 0.3 is 0 Å². The molecule has 2 N–H and O–H groups in total. The summed E-state index contributed by atoms with van der Waals surface area (Å²) < 4.78 is 0. The van der Waals surface area contributed by atoms with Crippen molar-refractivity contribution in [3.63, 3.8) is 0 Å². The van der Waals surface area contributed by atoms with E-state index >= 15 is 0 Å². The average Bonchev–Trinajstić information content (AvgIpc) is 2.31. The van der Waals surface area contributed by atoms with Crippen molar-refractivity contribution in [1.29, 1.82) is 5.26 Å². The molecule has 0 bridgehead atoms. The van der Waals surface area contributed by atoms with Gasteiger partial charge in [-0.05, 0) is 19.8 Å². The number of hydrogen-bond acceptors (Lipinski definition) is 5. The molecule has 1 fully saturated rings. The Morgan fingerprint density at radius 2 is 2.33 bits per heavy atom. The minimum absolute atomic E-state index is 0.132. The molecule has 1 aliphatic rings. The van der Waals surface area contributed by atoms with Gasteiger partial charge in [-0.2, -0.15) is 5.26 Å². The highest BCUT2D eigenvalue weighted by Gasteiger charge is 2.18. The first-order chi connectivity index (χ1) is 8.67. The predicted octanol–water partition coefficient (Wildman–Crippen LogP) is 0.478. The number of nitrogens with zero attached hydrogens (tertiary/aromatic N) is 3. The first kappa shape index (κ1) is 12.6. The Labute approximate surface area is 106 Å². The third-order valence-electron chi connectivity index (χ3n) is 3.09. The molecular formula is C12H17N5O. The summed E-state index contributed by atoms with van der Waals surface area (Å²) in [5, 5.41) is 11.9. The molecule has 96 valence electrons. The second-order valence-electron chi connectivity index (χ2n) is 4.57. The third-order valence-corrected chi connectivity index (χ3v) is 3.09. The van der Waals surface area contributed by atoms with Crippen LogP contribution in [-0.2, 0) is 0 Å². The molecule has 1 aliphatic heterocycles. The number of nitriles is 1. The van der Waals surface area contributed by atoms with E-state index in [1.807, 2.05) is 0 Å². The minimum atomic E-state index is -0.132. The van der Waals surface area contributed by atoms with Crippen LogP contribution in [0.2, 0.25) is 0 Å². The fourth-order valence-corrected chi connectivity index (χ4v) is 2.20. The van der Waals surface area contributed by atoms with E-state index in [4.69, 9.17) is 5.26 Å². The van der Waals surface area contributed by atoms with Crippen molar-refractivity contribution in [1.82, 2.24) is 14.9 Å². The van der Waals surface area contributed by atoms with Crippen molar-refractivity contribution in [3.8, 4) is 6.07 Å². The van der Waals surface area contributed by atoms with Crippen LogP contribution in [0.1, 0.15) is 18.7 Å². The molecule has 1 aromatic heterocycles. The molecule has 0 unspecified atom stereocenters. The molecular weight excluding hydrogens is 230 g/mol. The summed E-state index contributed by atoms with van der Waals surface area (Å²) >= 11 is 0. The predicted molar refractivity (Wildman–Crippen MR) is 68.3 cm³/mol. The van der Waals surface area contributed by atoms with Crippen LogP contribution in [0.4, 0.5) is 5.82 Å². The number of aryl methyl sites for hydroxylation is 1. The van der Waals surface area contributed by atoms with E-state index in [0.29, 0.717) is 24.2 Å². The van der Waals surface area contributed by atoms with Gasteiger partial charge in [-0.3, -0.25) is 9.69 Å². The summed E-state index contributed by atoms with van der Waals surface area (Å²) in [6, 6.07) is 3.97. The first-order valence-electron chi connectivity index (χ1n) is 6.11. The molecule has 0 saturated carbocycles. The van der Waals surface area contributed by atoms with Crippen molar-refractivity contribution in [2.75, 3.05) is 25.0 Å². The van der Waals surface area contributed by atoms with Gasteiger partial charge in [0.2, 0.25) is 0 Å². The highest BCUT2D eigenvalue weighted by molar-refractivity contribution is 5.34. The SMILES string of the molecule is Cc1nc(NC2CCN(CC#N)CC2)cc(=O)[nH]1. The van der Waals surface area contributed by atoms with Crippen molar-refractivity contribution >= 4 is 5.82 Å². The lowest BCUT2D eigenvalue weighted by Gasteiger charge is -2.30. The van der Waals surface area contributed by atoms with Crippen LogP contribution in [0.15, 0.2) is 10.9 Å². The first-order valence-corrected chi connectivity index (χ1v) is 6.11. The maximum atomic E-state index is 11.3. The van der Waals surface area contributed by atoms with Gasteiger partial charge in [0.15, 0.2) is 0 Å². The normalized spacial score (nSPS) is 17.3. The van der Waals surface area contributed by atoms with Crippen LogP contribution in [0, 0.1) is 18.3 Å². The fourth-order valence-electron chi connectivity index (χ4n) is 2.20. The molecule has 0 atom stereocenters. The molecule has 0 radical (unpaired) electrons. The standard InChI is InChI=1S/C12H17N5O/c1-9-14-11(8-12(18)15-9)16-10-2-5-17(6-3-10)7-4-13/h8,10H,2-3,5-7H2,1H3,(H2,14,15,16,18). The molecule has 0 aromatic carbocycles. The van der Waals surface area contributed by atoms with Gasteiger partial charge in [0.1, 0.15) is 11.6 Å². The zero-order valence-electron chi connectivity index (χ0n) is 10.4. The van der Waals surface area contributed by atoms with Crippen LogP contribution in [-0.4, -0.2) is 40.5 Å². The number of H-pyrrole nitrogens is 1. The maximum absolute atomic E-state index is 11.3. The van der Waals surface area contributed by atoms with E-state index in [2.05, 4.69) is 26.3 Å². The quantitative estimate of drug-likeness (QED) is 0.759. The van der Waals surface area contributed by atoms with Crippen LogP contribution >= 0.6 is 0 Å². The Hall–Kier alpha value is -1.87. The largest absolute Gasteiger partial charge is 0.367 e. The topological polar surface area (TPSA) is 84.8 Å². The lowest BCUT2D eigenvalue weighted by Crippen LogP contribution is -2.39. The molecule has 1 aromatic rings. The van der Waals surface area contributed by atoms with Gasteiger partial charge in [-0.1, -0.05) is 0 Å². The molecule has 2 heterocycles. The van der Waals surface area contributed by atoms with Gasteiger partial charge in [0.25, 0.3) is 5.56 Å². The number of hydrogen-bond donors (Lipinski definition) is 2. The minimum Gasteiger partial charge on any atom is -0.367 e. The van der Waals surface area contributed by atoms with Crippen LogP contribution in [0.25, 0.3) is 0 Å². The molecule has 0 amide bonds. The van der Waals surface area contributed by atoms with E-state index in [0.717, 1.165) is 25.9 Å². The van der Waals surface area contributed by atoms with Crippen molar-refractivity contribution in [3.05, 3.63) is 22.2 Å². The molecule has 1 saturated heterocycles. The summed E-state index contributed by atoms with van der Waals surface area (Å²) in [6.07, 6.45) is 1.93. The van der Waals surface area contributed by atoms with E-state index in [9.17, 15) is 4.79 Å². The number of anilines is 1. The van der Waals surface area contributed by atoms with E-state index in [-0.39, 0.29) is 5.56 Å². The lowest BCUT2D eigenvalue weighted by atomic mass is 10.1. The number of nitrogens with one attached hydrogen (secondary N) is 2. The maximum Gasteiger partial charge on any atom is 0.252 e. The van der Waals surface area contributed by atoms with E-state index < -0.39 is 0 Å². The van der Waals surface area contributed by atoms with Crippen molar-refractivity contribution in [2.24, 2.45) is 0 Å². The Bertz CT molecular complexity index is 496. The monoisotopic (exact) mass is 247 g/mol. The smallest absolute Gasteiger partial charge is 0.252 e. The summed E-state index contributed by atoms with van der Waals surface area (Å²) in [5.74, 6) is 1.25. The van der Waals surface area contributed by atoms with Gasteiger partial charge in [0, 0.05) is 25.2 Å². The molecule has 6 nitrogen and oxygen atoms in total. The van der Waals surface area contributed by atoms with Crippen LogP contribution in [0.3, 0.4) is 0 Å². The Balaban J connectivity index is 1.92. The van der Waals surface area contributed by atoms with Crippen molar-refractivity contribution < 1.29 is 0 Å². The highest BCUT2D eigenvalue weighted by Crippen LogP contribution is 2.13. The van der Waals surface area contributed by atoms with Gasteiger partial charge in [0.05, 0.1) is 12.6 Å². The molecule has 0 aliphatic carbocycles. The van der Waals surface area contributed by atoms with Crippen molar-refractivity contribution in [2.45, 2.75) is 25.8 Å². The summed E-state index contributed by atoms with van der Waals surface area (Å²) in [5.41, 5.74) is -0.132. The van der Waals surface area contributed by atoms with Gasteiger partial charge in [-0.25, -0.2) is 4.98 Å². The number of aromatic amines is 1. The second kappa shape index (κ2) is 5.65. The molecule has 2 rings (SSSR count). The Morgan fingerprint density at radius 3 is 2.94 bits per heavy atom. The fraction of sp³-hybridized carbons (Fsp3) is 0.583. The zero-order chi connectivity index (χ0) is 13.0. The van der Waals surface area contributed by atoms with Gasteiger partial charge in [-0.15, -0.1) is 0 Å². The number of likely N-dealkylation sites (tertiary alicyclic amines) is 1. The summed E-state index contributed by atoms with van der Waals surface area (Å²) in [4.78, 5) is 20.3. The summed E-state index contributed by atoms with van der Waals surface area (Å²) in [6.45, 7) is 4.08. The number of rotatable bonds is 3. The van der Waals surface area contributed by atoms with E-state index in [1.165, 1.54) is 6.07 Å². The molecule has 18 heavy (non-hydrogen) atoms. The Kier molecular flexibility index (Phi) is 3.95. The lowest BCUT2D eigenvalue weighted by molar-refractivity contribution is 0.242. The highest BCUT2D eigenvalue weighted by atomic mass is 16.1. The Morgan fingerprint density at radius 1 is 1.61 bits per heavy atom. The van der Waals surface area contributed by atoms with Crippen LogP contribution in [0.5, 0.6) is 0 Å². The molecule has 6 heteroatoms.